The van der Waals surface area contributed by atoms with Gasteiger partial charge in [0.2, 0.25) is 0 Å². The van der Waals surface area contributed by atoms with Crippen molar-refractivity contribution in [3.05, 3.63) is 15.9 Å². The number of rotatable bonds is 6. The minimum Gasteiger partial charge on any atom is -0.312 e. The Balaban J connectivity index is 2.58. The van der Waals surface area contributed by atoms with E-state index >= 15 is 0 Å². The SMILES string of the molecule is CCCC(C)NCC(C)n1nc(C)c(Br)c1C. The molecule has 0 radical (unpaired) electrons. The van der Waals surface area contributed by atoms with Gasteiger partial charge < -0.3 is 5.32 Å². The van der Waals surface area contributed by atoms with Gasteiger partial charge in [0, 0.05) is 12.6 Å². The van der Waals surface area contributed by atoms with Gasteiger partial charge in [-0.2, -0.15) is 5.10 Å². The van der Waals surface area contributed by atoms with E-state index in [0.717, 1.165) is 16.7 Å². The summed E-state index contributed by atoms with van der Waals surface area (Å²) in [5.74, 6) is 0. The van der Waals surface area contributed by atoms with Gasteiger partial charge in [-0.3, -0.25) is 4.68 Å². The van der Waals surface area contributed by atoms with Crippen molar-refractivity contribution >= 4 is 15.9 Å². The molecule has 0 amide bonds. The zero-order chi connectivity index (χ0) is 13.0. The second-order valence-corrected chi connectivity index (χ2v) is 5.67. The Morgan fingerprint density at radius 3 is 2.47 bits per heavy atom. The monoisotopic (exact) mass is 301 g/mol. The molecule has 0 bridgehead atoms. The van der Waals surface area contributed by atoms with E-state index in [1.165, 1.54) is 18.5 Å². The highest BCUT2D eigenvalue weighted by Crippen LogP contribution is 2.22. The molecule has 2 atom stereocenters. The molecule has 3 nitrogen and oxygen atoms in total. The molecule has 17 heavy (non-hydrogen) atoms. The van der Waals surface area contributed by atoms with Gasteiger partial charge in [0.05, 0.1) is 21.9 Å². The summed E-state index contributed by atoms with van der Waals surface area (Å²) in [4.78, 5) is 0. The lowest BCUT2D eigenvalue weighted by atomic mass is 10.2. The third kappa shape index (κ3) is 3.81. The quantitative estimate of drug-likeness (QED) is 0.870. The summed E-state index contributed by atoms with van der Waals surface area (Å²) in [5, 5.41) is 8.12. The van der Waals surface area contributed by atoms with Crippen molar-refractivity contribution in [2.75, 3.05) is 6.54 Å². The maximum atomic E-state index is 4.56. The van der Waals surface area contributed by atoms with Crippen LogP contribution in [-0.4, -0.2) is 22.4 Å². The molecule has 1 aromatic rings. The Bertz CT molecular complexity index is 360. The second kappa shape index (κ2) is 6.55. The summed E-state index contributed by atoms with van der Waals surface area (Å²) in [5.41, 5.74) is 2.27. The van der Waals surface area contributed by atoms with Crippen LogP contribution in [0.5, 0.6) is 0 Å². The predicted octanol–water partition coefficient (Wildman–Crippen LogP) is 3.60. The Labute approximate surface area is 113 Å². The minimum atomic E-state index is 0.388. The van der Waals surface area contributed by atoms with Crippen LogP contribution >= 0.6 is 15.9 Å². The summed E-state index contributed by atoms with van der Waals surface area (Å²) in [6.07, 6.45) is 2.46. The Hall–Kier alpha value is -0.350. The molecule has 4 heteroatoms. The number of aryl methyl sites for hydroxylation is 1. The fourth-order valence-electron chi connectivity index (χ4n) is 2.07. The van der Waals surface area contributed by atoms with Gasteiger partial charge in [-0.1, -0.05) is 13.3 Å². The van der Waals surface area contributed by atoms with E-state index in [4.69, 9.17) is 0 Å². The molecule has 1 N–H and O–H groups in total. The van der Waals surface area contributed by atoms with E-state index in [-0.39, 0.29) is 0 Å². The lowest BCUT2D eigenvalue weighted by Gasteiger charge is -2.19. The molecule has 0 aliphatic rings. The van der Waals surface area contributed by atoms with Crippen LogP contribution in [0.2, 0.25) is 0 Å². The summed E-state index contributed by atoms with van der Waals surface area (Å²) in [6.45, 7) is 11.8. The minimum absolute atomic E-state index is 0.388. The van der Waals surface area contributed by atoms with Gasteiger partial charge in [0.25, 0.3) is 0 Å². The molecule has 0 saturated heterocycles. The molecule has 0 fully saturated rings. The van der Waals surface area contributed by atoms with E-state index in [0.29, 0.717) is 12.1 Å². The molecule has 98 valence electrons. The van der Waals surface area contributed by atoms with E-state index in [1.807, 2.05) is 6.92 Å². The molecule has 0 aliphatic heterocycles. The predicted molar refractivity (Wildman–Crippen MR) is 76.5 cm³/mol. The Morgan fingerprint density at radius 2 is 2.00 bits per heavy atom. The maximum absolute atomic E-state index is 4.56. The second-order valence-electron chi connectivity index (χ2n) is 4.88. The Kier molecular flexibility index (Phi) is 5.67. The van der Waals surface area contributed by atoms with E-state index in [9.17, 15) is 0 Å². The topological polar surface area (TPSA) is 29.9 Å². The van der Waals surface area contributed by atoms with Crippen molar-refractivity contribution in [2.24, 2.45) is 0 Å². The van der Waals surface area contributed by atoms with Crippen LogP contribution in [0.15, 0.2) is 4.47 Å². The highest BCUT2D eigenvalue weighted by molar-refractivity contribution is 9.10. The number of hydrogen-bond acceptors (Lipinski definition) is 2. The lowest BCUT2D eigenvalue weighted by Crippen LogP contribution is -2.31. The van der Waals surface area contributed by atoms with Crippen LogP contribution in [-0.2, 0) is 0 Å². The molecular weight excluding hydrogens is 278 g/mol. The number of aromatic nitrogens is 2. The molecule has 0 aromatic carbocycles. The van der Waals surface area contributed by atoms with E-state index < -0.39 is 0 Å². The molecule has 2 unspecified atom stereocenters. The van der Waals surface area contributed by atoms with E-state index in [2.05, 4.69) is 58.7 Å². The van der Waals surface area contributed by atoms with Crippen LogP contribution in [0.25, 0.3) is 0 Å². The van der Waals surface area contributed by atoms with E-state index in [1.54, 1.807) is 0 Å². The summed E-state index contributed by atoms with van der Waals surface area (Å²) in [7, 11) is 0. The maximum Gasteiger partial charge on any atom is 0.0738 e. The highest BCUT2D eigenvalue weighted by Gasteiger charge is 2.14. The zero-order valence-corrected chi connectivity index (χ0v) is 13.1. The van der Waals surface area contributed by atoms with Crippen molar-refractivity contribution < 1.29 is 0 Å². The van der Waals surface area contributed by atoms with Crippen molar-refractivity contribution in [3.63, 3.8) is 0 Å². The van der Waals surface area contributed by atoms with Gasteiger partial charge in [0.1, 0.15) is 0 Å². The average molecular weight is 302 g/mol. The van der Waals surface area contributed by atoms with Gasteiger partial charge in [-0.25, -0.2) is 0 Å². The smallest absolute Gasteiger partial charge is 0.0738 e. The largest absolute Gasteiger partial charge is 0.312 e. The van der Waals surface area contributed by atoms with Gasteiger partial charge in [-0.05, 0) is 50.0 Å². The van der Waals surface area contributed by atoms with Crippen molar-refractivity contribution in [1.82, 2.24) is 15.1 Å². The third-order valence-electron chi connectivity index (χ3n) is 3.14. The normalized spacial score (nSPS) is 14.9. The number of halogens is 1. The fourth-order valence-corrected chi connectivity index (χ4v) is 2.33. The molecule has 1 rings (SSSR count). The van der Waals surface area contributed by atoms with Crippen LogP contribution < -0.4 is 5.32 Å². The van der Waals surface area contributed by atoms with Crippen molar-refractivity contribution in [2.45, 2.75) is 59.5 Å². The van der Waals surface area contributed by atoms with Crippen LogP contribution in [0.1, 0.15) is 51.0 Å². The third-order valence-corrected chi connectivity index (χ3v) is 4.29. The standard InChI is InChI=1S/C13H24BrN3/c1-6-7-9(2)15-8-10(3)17-12(5)13(14)11(4)16-17/h9-10,15H,6-8H2,1-5H3. The van der Waals surface area contributed by atoms with Crippen LogP contribution in [0, 0.1) is 13.8 Å². The van der Waals surface area contributed by atoms with Crippen molar-refractivity contribution in [3.8, 4) is 0 Å². The van der Waals surface area contributed by atoms with Gasteiger partial charge >= 0.3 is 0 Å². The average Bonchev–Trinajstić information content (AvgIpc) is 2.54. The number of nitrogens with zero attached hydrogens (tertiary/aromatic N) is 2. The first-order valence-corrected chi connectivity index (χ1v) is 7.21. The Morgan fingerprint density at radius 1 is 1.35 bits per heavy atom. The first-order valence-electron chi connectivity index (χ1n) is 6.41. The van der Waals surface area contributed by atoms with Crippen LogP contribution in [0.4, 0.5) is 0 Å². The molecule has 1 heterocycles. The highest BCUT2D eigenvalue weighted by atomic mass is 79.9. The zero-order valence-electron chi connectivity index (χ0n) is 11.5. The van der Waals surface area contributed by atoms with Gasteiger partial charge in [-0.15, -0.1) is 0 Å². The molecule has 1 aromatic heterocycles. The number of hydrogen-bond donors (Lipinski definition) is 1. The summed E-state index contributed by atoms with van der Waals surface area (Å²) < 4.78 is 3.23. The first kappa shape index (κ1) is 14.7. The summed E-state index contributed by atoms with van der Waals surface area (Å²) in [6, 6.07) is 0.974. The molecule has 0 saturated carbocycles. The van der Waals surface area contributed by atoms with Crippen molar-refractivity contribution in [1.29, 1.82) is 0 Å². The molecular formula is C13H24BrN3. The fraction of sp³-hybridized carbons (Fsp3) is 0.769. The molecule has 0 aliphatic carbocycles. The first-order chi connectivity index (χ1) is 7.97. The van der Waals surface area contributed by atoms with Crippen LogP contribution in [0.3, 0.4) is 0 Å². The number of nitrogens with one attached hydrogen (secondary N) is 1. The molecule has 0 spiro atoms. The lowest BCUT2D eigenvalue weighted by molar-refractivity contribution is 0.406. The van der Waals surface area contributed by atoms with Gasteiger partial charge in [0.15, 0.2) is 0 Å². The summed E-state index contributed by atoms with van der Waals surface area (Å²) >= 11 is 3.57.